The number of thiocarbonyl (C=S) groups is 1. The van der Waals surface area contributed by atoms with Crippen LogP contribution in [0, 0.1) is 5.41 Å². The van der Waals surface area contributed by atoms with Crippen molar-refractivity contribution < 1.29 is 8.42 Å². The van der Waals surface area contributed by atoms with Crippen LogP contribution in [0.15, 0.2) is 0 Å². The van der Waals surface area contributed by atoms with Gasteiger partial charge in [-0.25, -0.2) is 8.42 Å². The minimum Gasteiger partial charge on any atom is -0.392 e. The number of sulfonamides is 1. The van der Waals surface area contributed by atoms with Crippen molar-refractivity contribution in [2.75, 3.05) is 12.3 Å². The van der Waals surface area contributed by atoms with Crippen LogP contribution in [0.1, 0.15) is 40.0 Å². The largest absolute Gasteiger partial charge is 0.392 e. The zero-order valence-corrected chi connectivity index (χ0v) is 12.4. The van der Waals surface area contributed by atoms with Gasteiger partial charge >= 0.3 is 0 Å². The molecular formula is C11H22N2O2S2. The van der Waals surface area contributed by atoms with Crippen LogP contribution in [0.2, 0.25) is 0 Å². The Hall–Kier alpha value is -0.200. The lowest BCUT2D eigenvalue weighted by Crippen LogP contribution is -2.51. The number of nitrogens with zero attached hydrogens (tertiary/aromatic N) is 1. The van der Waals surface area contributed by atoms with Crippen LogP contribution >= 0.6 is 12.2 Å². The maximum absolute atomic E-state index is 12.3. The molecule has 1 aliphatic heterocycles. The quantitative estimate of drug-likeness (QED) is 0.795. The maximum Gasteiger partial charge on any atom is 0.215 e. The Labute approximate surface area is 110 Å². The van der Waals surface area contributed by atoms with Gasteiger partial charge in [0.05, 0.1) is 16.8 Å². The Morgan fingerprint density at radius 1 is 1.41 bits per heavy atom. The van der Waals surface area contributed by atoms with Gasteiger partial charge in [0.2, 0.25) is 10.0 Å². The van der Waals surface area contributed by atoms with Crippen LogP contribution < -0.4 is 5.73 Å². The summed E-state index contributed by atoms with van der Waals surface area (Å²) in [5.41, 5.74) is 5.39. The van der Waals surface area contributed by atoms with E-state index in [0.717, 1.165) is 19.3 Å². The van der Waals surface area contributed by atoms with E-state index in [-0.39, 0.29) is 17.2 Å². The first-order valence-corrected chi connectivity index (χ1v) is 7.94. The van der Waals surface area contributed by atoms with Crippen molar-refractivity contribution in [3.63, 3.8) is 0 Å². The number of rotatable bonds is 3. The van der Waals surface area contributed by atoms with Crippen molar-refractivity contribution in [2.45, 2.75) is 46.1 Å². The van der Waals surface area contributed by atoms with E-state index in [0.29, 0.717) is 11.5 Å². The van der Waals surface area contributed by atoms with Gasteiger partial charge < -0.3 is 5.73 Å². The van der Waals surface area contributed by atoms with Gasteiger partial charge in [0.15, 0.2) is 0 Å². The molecule has 0 spiro atoms. The third-order valence-electron chi connectivity index (χ3n) is 2.75. The molecule has 2 N–H and O–H groups in total. The van der Waals surface area contributed by atoms with Gasteiger partial charge in [0.25, 0.3) is 0 Å². The van der Waals surface area contributed by atoms with E-state index in [1.807, 2.05) is 20.8 Å². The molecule has 1 fully saturated rings. The van der Waals surface area contributed by atoms with Crippen molar-refractivity contribution >= 4 is 27.2 Å². The van der Waals surface area contributed by atoms with Crippen LogP contribution in [0.4, 0.5) is 0 Å². The summed E-state index contributed by atoms with van der Waals surface area (Å²) in [6.07, 6.45) is 2.63. The zero-order chi connectivity index (χ0) is 13.3. The van der Waals surface area contributed by atoms with Gasteiger partial charge in [-0.05, 0) is 18.3 Å². The SMILES string of the molecule is CC(C)(C)CS(=O)(=O)N1CCCCC1C(N)=S. The molecular weight excluding hydrogens is 256 g/mol. The molecule has 0 saturated carbocycles. The first-order chi connectivity index (χ1) is 7.63. The molecule has 0 aliphatic carbocycles. The molecule has 6 heteroatoms. The molecule has 17 heavy (non-hydrogen) atoms. The van der Waals surface area contributed by atoms with Crippen molar-refractivity contribution in [1.82, 2.24) is 4.31 Å². The second-order valence-corrected chi connectivity index (χ2v) is 8.23. The van der Waals surface area contributed by atoms with Gasteiger partial charge in [0.1, 0.15) is 0 Å². The van der Waals surface area contributed by atoms with Crippen LogP contribution in [0.3, 0.4) is 0 Å². The molecule has 1 saturated heterocycles. The summed E-state index contributed by atoms with van der Waals surface area (Å²) in [5, 5.41) is 0. The summed E-state index contributed by atoms with van der Waals surface area (Å²) >= 11 is 4.97. The third kappa shape index (κ3) is 4.19. The van der Waals surface area contributed by atoms with Gasteiger partial charge in [0, 0.05) is 6.54 Å². The fourth-order valence-electron chi connectivity index (χ4n) is 2.15. The molecule has 1 atom stereocenters. The summed E-state index contributed by atoms with van der Waals surface area (Å²) in [5.74, 6) is 0.138. The minimum atomic E-state index is -3.27. The smallest absolute Gasteiger partial charge is 0.215 e. The average Bonchev–Trinajstić information content (AvgIpc) is 2.14. The summed E-state index contributed by atoms with van der Waals surface area (Å²) in [6.45, 7) is 6.30. The Bertz CT molecular complexity index is 385. The lowest BCUT2D eigenvalue weighted by atomic mass is 10.0. The highest BCUT2D eigenvalue weighted by molar-refractivity contribution is 7.89. The highest BCUT2D eigenvalue weighted by atomic mass is 32.2. The summed E-state index contributed by atoms with van der Waals surface area (Å²) in [6, 6.07) is -0.286. The molecule has 1 unspecified atom stereocenters. The topological polar surface area (TPSA) is 63.4 Å². The molecule has 1 aliphatic rings. The normalized spacial score (nSPS) is 23.6. The highest BCUT2D eigenvalue weighted by Crippen LogP contribution is 2.25. The van der Waals surface area contributed by atoms with E-state index in [9.17, 15) is 8.42 Å². The van der Waals surface area contributed by atoms with E-state index in [1.165, 1.54) is 4.31 Å². The fourth-order valence-corrected chi connectivity index (χ4v) is 4.74. The van der Waals surface area contributed by atoms with Gasteiger partial charge in [-0.2, -0.15) is 4.31 Å². The van der Waals surface area contributed by atoms with E-state index >= 15 is 0 Å². The second-order valence-electron chi connectivity index (χ2n) is 5.84. The molecule has 0 radical (unpaired) electrons. The molecule has 0 aromatic carbocycles. The van der Waals surface area contributed by atoms with Gasteiger partial charge in [-0.15, -0.1) is 0 Å². The number of nitrogens with two attached hydrogens (primary N) is 1. The Morgan fingerprint density at radius 2 is 2.00 bits per heavy atom. The maximum atomic E-state index is 12.3. The predicted molar refractivity (Wildman–Crippen MR) is 74.4 cm³/mol. The van der Waals surface area contributed by atoms with Crippen molar-refractivity contribution in [3.05, 3.63) is 0 Å². The monoisotopic (exact) mass is 278 g/mol. The van der Waals surface area contributed by atoms with Gasteiger partial charge in [-0.1, -0.05) is 39.4 Å². The van der Waals surface area contributed by atoms with Gasteiger partial charge in [-0.3, -0.25) is 0 Å². The minimum absolute atomic E-state index is 0.138. The summed E-state index contributed by atoms with van der Waals surface area (Å²) in [4.78, 5) is 0.294. The van der Waals surface area contributed by atoms with Crippen LogP contribution in [0.25, 0.3) is 0 Å². The predicted octanol–water partition coefficient (Wildman–Crippen LogP) is 1.50. The molecule has 0 amide bonds. The number of piperidine rings is 1. The van der Waals surface area contributed by atoms with Crippen LogP contribution in [-0.4, -0.2) is 36.1 Å². The Balaban J connectivity index is 2.91. The first-order valence-electron chi connectivity index (χ1n) is 5.92. The molecule has 4 nitrogen and oxygen atoms in total. The number of hydrogen-bond acceptors (Lipinski definition) is 3. The molecule has 1 rings (SSSR count). The molecule has 100 valence electrons. The number of hydrogen-bond donors (Lipinski definition) is 1. The standard InChI is InChI=1S/C11H22N2O2S2/c1-11(2,3)8-17(14,15)13-7-5-4-6-9(13)10(12)16/h9H,4-8H2,1-3H3,(H2,12,16). The summed E-state index contributed by atoms with van der Waals surface area (Å²) in [7, 11) is -3.27. The third-order valence-corrected chi connectivity index (χ3v) is 5.41. The van der Waals surface area contributed by atoms with E-state index in [1.54, 1.807) is 0 Å². The lowest BCUT2D eigenvalue weighted by molar-refractivity contribution is 0.300. The molecule has 1 heterocycles. The molecule has 0 bridgehead atoms. The van der Waals surface area contributed by atoms with E-state index in [4.69, 9.17) is 18.0 Å². The molecule has 0 aromatic rings. The van der Waals surface area contributed by atoms with Crippen molar-refractivity contribution in [3.8, 4) is 0 Å². The average molecular weight is 278 g/mol. The lowest BCUT2D eigenvalue weighted by Gasteiger charge is -2.35. The van der Waals surface area contributed by atoms with E-state index in [2.05, 4.69) is 0 Å². The van der Waals surface area contributed by atoms with Crippen molar-refractivity contribution in [2.24, 2.45) is 11.1 Å². The Kier molecular flexibility index (Phi) is 4.54. The first kappa shape index (κ1) is 14.9. The van der Waals surface area contributed by atoms with Crippen molar-refractivity contribution in [1.29, 1.82) is 0 Å². The zero-order valence-electron chi connectivity index (χ0n) is 10.8. The van der Waals surface area contributed by atoms with E-state index < -0.39 is 10.0 Å². The van der Waals surface area contributed by atoms with Crippen LogP contribution in [-0.2, 0) is 10.0 Å². The summed E-state index contributed by atoms with van der Waals surface area (Å²) < 4.78 is 26.2. The fraction of sp³-hybridized carbons (Fsp3) is 0.909. The highest BCUT2D eigenvalue weighted by Gasteiger charge is 2.35. The van der Waals surface area contributed by atoms with Crippen LogP contribution in [0.5, 0.6) is 0 Å². The second kappa shape index (κ2) is 5.20. The molecule has 0 aromatic heterocycles. The Morgan fingerprint density at radius 3 is 2.47 bits per heavy atom.